The van der Waals surface area contributed by atoms with Crippen molar-refractivity contribution in [3.05, 3.63) is 0 Å². The number of nitrogens with two attached hydrogens (primary N) is 1. The van der Waals surface area contributed by atoms with Gasteiger partial charge in [0, 0.05) is 13.5 Å². The molecule has 110 valence electrons. The first-order chi connectivity index (χ1) is 9.03. The van der Waals surface area contributed by atoms with E-state index < -0.39 is 12.1 Å². The number of hydrogen-bond donors (Lipinski definition) is 3. The smallest absolute Gasteiger partial charge is 0.334 e. The molecule has 0 aromatic rings. The van der Waals surface area contributed by atoms with E-state index in [0.29, 0.717) is 13.0 Å². The van der Waals surface area contributed by atoms with Crippen LogP contribution in [0.25, 0.3) is 0 Å². The van der Waals surface area contributed by atoms with E-state index in [1.54, 1.807) is 0 Å². The molecule has 6 heteroatoms. The molecule has 1 fully saturated rings. The molecule has 1 saturated carbocycles. The van der Waals surface area contributed by atoms with Crippen molar-refractivity contribution in [2.45, 2.75) is 44.6 Å². The van der Waals surface area contributed by atoms with E-state index in [4.69, 9.17) is 15.6 Å². The van der Waals surface area contributed by atoms with Crippen molar-refractivity contribution < 1.29 is 19.4 Å². The molecule has 0 aromatic heterocycles. The minimum absolute atomic E-state index is 0.00861. The van der Waals surface area contributed by atoms with Crippen molar-refractivity contribution >= 4 is 11.9 Å². The molecule has 1 amide bonds. The highest BCUT2D eigenvalue weighted by molar-refractivity contribution is 5.78. The van der Waals surface area contributed by atoms with Gasteiger partial charge in [0.05, 0.1) is 6.54 Å². The molecule has 4 N–H and O–H groups in total. The second-order valence-corrected chi connectivity index (χ2v) is 5.31. The summed E-state index contributed by atoms with van der Waals surface area (Å²) in [5.41, 5.74) is 5.72. The van der Waals surface area contributed by atoms with E-state index in [9.17, 15) is 9.59 Å². The number of carboxylic acid groups (broad SMARTS) is 1. The quantitative estimate of drug-likeness (QED) is 0.626. The molecule has 1 rings (SSSR count). The second kappa shape index (κ2) is 7.45. The Kier molecular flexibility index (Phi) is 6.24. The lowest BCUT2D eigenvalue weighted by molar-refractivity contribution is -0.148. The van der Waals surface area contributed by atoms with Gasteiger partial charge in [0.25, 0.3) is 0 Å². The van der Waals surface area contributed by atoms with Crippen LogP contribution in [0.15, 0.2) is 0 Å². The van der Waals surface area contributed by atoms with Crippen molar-refractivity contribution in [2.24, 2.45) is 11.1 Å². The van der Waals surface area contributed by atoms with Gasteiger partial charge >= 0.3 is 5.97 Å². The summed E-state index contributed by atoms with van der Waals surface area (Å²) in [6.45, 7) is 0.498. The summed E-state index contributed by atoms with van der Waals surface area (Å²) >= 11 is 0. The van der Waals surface area contributed by atoms with Gasteiger partial charge in [0.1, 0.15) is 0 Å². The lowest BCUT2D eigenvalue weighted by Crippen LogP contribution is -2.42. The van der Waals surface area contributed by atoms with Gasteiger partial charge in [-0.3, -0.25) is 4.79 Å². The number of nitrogens with one attached hydrogen (secondary N) is 1. The molecule has 1 aliphatic rings. The first-order valence-corrected chi connectivity index (χ1v) is 6.75. The summed E-state index contributed by atoms with van der Waals surface area (Å²) < 4.78 is 4.76. The van der Waals surface area contributed by atoms with Crippen molar-refractivity contribution in [3.8, 4) is 0 Å². The lowest BCUT2D eigenvalue weighted by Gasteiger charge is -2.35. The summed E-state index contributed by atoms with van der Waals surface area (Å²) in [4.78, 5) is 22.7. The molecule has 0 spiro atoms. The van der Waals surface area contributed by atoms with E-state index in [1.165, 1.54) is 13.5 Å². The van der Waals surface area contributed by atoms with Crippen molar-refractivity contribution in [3.63, 3.8) is 0 Å². The van der Waals surface area contributed by atoms with Crippen LogP contribution in [0, 0.1) is 5.41 Å². The largest absolute Gasteiger partial charge is 0.479 e. The third-order valence-electron chi connectivity index (χ3n) is 3.93. The topological polar surface area (TPSA) is 102 Å². The van der Waals surface area contributed by atoms with Gasteiger partial charge in [-0.05, 0) is 24.8 Å². The third-order valence-corrected chi connectivity index (χ3v) is 3.93. The maximum atomic E-state index is 11.9. The fourth-order valence-electron chi connectivity index (χ4n) is 2.64. The molecular weight excluding hydrogens is 248 g/mol. The van der Waals surface area contributed by atoms with Gasteiger partial charge in [-0.1, -0.05) is 19.3 Å². The van der Waals surface area contributed by atoms with Gasteiger partial charge in [-0.15, -0.1) is 0 Å². The monoisotopic (exact) mass is 272 g/mol. The summed E-state index contributed by atoms with van der Waals surface area (Å²) in [5, 5.41) is 11.4. The molecule has 0 heterocycles. The molecule has 0 radical (unpaired) electrons. The highest BCUT2D eigenvalue weighted by Crippen LogP contribution is 2.38. The van der Waals surface area contributed by atoms with Gasteiger partial charge in [0.15, 0.2) is 6.10 Å². The molecule has 19 heavy (non-hydrogen) atoms. The Labute approximate surface area is 113 Å². The van der Waals surface area contributed by atoms with Gasteiger partial charge in [0.2, 0.25) is 5.91 Å². The van der Waals surface area contributed by atoms with Crippen LogP contribution in [0.4, 0.5) is 0 Å². The molecule has 0 aliphatic heterocycles. The number of amides is 1. The van der Waals surface area contributed by atoms with E-state index in [1.807, 2.05) is 0 Å². The number of carbonyl (C=O) groups excluding carboxylic acids is 1. The minimum atomic E-state index is -1.07. The average molecular weight is 272 g/mol. The molecule has 6 nitrogen and oxygen atoms in total. The Balaban J connectivity index is 2.43. The molecule has 0 saturated heterocycles. The molecule has 1 atom stereocenters. The number of methoxy groups -OCH3 is 1. The van der Waals surface area contributed by atoms with Gasteiger partial charge < -0.3 is 20.9 Å². The Morgan fingerprint density at radius 2 is 2.00 bits per heavy atom. The van der Waals surface area contributed by atoms with E-state index >= 15 is 0 Å². The number of carboxylic acids is 1. The fraction of sp³-hybridized carbons (Fsp3) is 0.846. The number of ether oxygens (including phenoxy) is 1. The molecule has 1 aliphatic carbocycles. The summed E-state index contributed by atoms with van der Waals surface area (Å²) in [6.07, 6.45) is 4.76. The van der Waals surface area contributed by atoms with Crippen molar-refractivity contribution in [1.82, 2.24) is 5.32 Å². The van der Waals surface area contributed by atoms with Crippen LogP contribution < -0.4 is 11.1 Å². The van der Waals surface area contributed by atoms with E-state index in [2.05, 4.69) is 5.32 Å². The third kappa shape index (κ3) is 4.80. The van der Waals surface area contributed by atoms with E-state index in [0.717, 1.165) is 25.7 Å². The summed E-state index contributed by atoms with van der Waals surface area (Å²) in [7, 11) is 1.31. The van der Waals surface area contributed by atoms with Crippen LogP contribution >= 0.6 is 0 Å². The van der Waals surface area contributed by atoms with Crippen LogP contribution in [0.1, 0.15) is 38.5 Å². The Hall–Kier alpha value is -1.14. The zero-order valence-corrected chi connectivity index (χ0v) is 11.5. The maximum absolute atomic E-state index is 11.9. The van der Waals surface area contributed by atoms with E-state index in [-0.39, 0.29) is 17.9 Å². The van der Waals surface area contributed by atoms with Gasteiger partial charge in [-0.2, -0.15) is 0 Å². The fourth-order valence-corrected chi connectivity index (χ4v) is 2.64. The van der Waals surface area contributed by atoms with Crippen LogP contribution in [0.2, 0.25) is 0 Å². The van der Waals surface area contributed by atoms with Crippen LogP contribution in [-0.4, -0.2) is 43.3 Å². The number of hydrogen-bond acceptors (Lipinski definition) is 4. The zero-order valence-electron chi connectivity index (χ0n) is 11.5. The lowest BCUT2D eigenvalue weighted by atomic mass is 9.71. The normalized spacial score (nSPS) is 19.7. The number of rotatable bonds is 7. The molecule has 1 unspecified atom stereocenters. The van der Waals surface area contributed by atoms with Crippen molar-refractivity contribution in [1.29, 1.82) is 0 Å². The Bertz CT molecular complexity index is 314. The van der Waals surface area contributed by atoms with Crippen LogP contribution in [0.3, 0.4) is 0 Å². The van der Waals surface area contributed by atoms with Gasteiger partial charge in [-0.25, -0.2) is 4.79 Å². The predicted molar refractivity (Wildman–Crippen MR) is 70.6 cm³/mol. The summed E-state index contributed by atoms with van der Waals surface area (Å²) in [6, 6.07) is 0. The first-order valence-electron chi connectivity index (χ1n) is 6.75. The standard InChI is InChI=1S/C13H24N2O4/c1-19-10(12(17)18)8-15-11(16)7-13(9-14)5-3-2-4-6-13/h10H,2-9,14H2,1H3,(H,15,16)(H,17,18). The maximum Gasteiger partial charge on any atom is 0.334 e. The highest BCUT2D eigenvalue weighted by Gasteiger charge is 2.33. The van der Waals surface area contributed by atoms with Crippen LogP contribution in [-0.2, 0) is 14.3 Å². The Morgan fingerprint density at radius 3 is 2.47 bits per heavy atom. The number of aliphatic carboxylic acids is 1. The molecule has 0 bridgehead atoms. The minimum Gasteiger partial charge on any atom is -0.479 e. The Morgan fingerprint density at radius 1 is 1.37 bits per heavy atom. The highest BCUT2D eigenvalue weighted by atomic mass is 16.5. The number of carbonyl (C=O) groups is 2. The predicted octanol–water partition coefficient (Wildman–Crippen LogP) is 0.502. The first kappa shape index (κ1) is 15.9. The van der Waals surface area contributed by atoms with Crippen LogP contribution in [0.5, 0.6) is 0 Å². The summed E-state index contributed by atoms with van der Waals surface area (Å²) in [5.74, 6) is -1.22. The van der Waals surface area contributed by atoms with Crippen molar-refractivity contribution in [2.75, 3.05) is 20.2 Å². The SMILES string of the molecule is COC(CNC(=O)CC1(CN)CCCCC1)C(=O)O. The zero-order chi connectivity index (χ0) is 14.3. The second-order valence-electron chi connectivity index (χ2n) is 5.31. The molecule has 0 aromatic carbocycles. The average Bonchev–Trinajstić information content (AvgIpc) is 2.40. The molecular formula is C13H24N2O4.